The molecule has 1 atom stereocenters. The smallest absolute Gasteiger partial charge is 0.313 e. The van der Waals surface area contributed by atoms with E-state index in [0.29, 0.717) is 13.0 Å². The van der Waals surface area contributed by atoms with Gasteiger partial charge >= 0.3 is 6.18 Å². The van der Waals surface area contributed by atoms with Crippen LogP contribution in [0, 0.1) is 0 Å². The Balaban J connectivity index is 3.11. The third-order valence-electron chi connectivity index (χ3n) is 2.71. The molecule has 1 aromatic heterocycles. The van der Waals surface area contributed by atoms with Crippen LogP contribution < -0.4 is 5.32 Å². The fourth-order valence-electron chi connectivity index (χ4n) is 1.61. The SMILES string of the molecule is CCNCc1cnn(C(C)CC)c1C(F)(F)F. The highest BCUT2D eigenvalue weighted by atomic mass is 19.4. The van der Waals surface area contributed by atoms with Crippen molar-refractivity contribution in [3.63, 3.8) is 0 Å². The molecule has 1 rings (SSSR count). The molecule has 1 aromatic rings. The van der Waals surface area contributed by atoms with Gasteiger partial charge in [0.1, 0.15) is 5.69 Å². The second-order valence-corrected chi connectivity index (χ2v) is 4.00. The number of nitrogens with one attached hydrogen (secondary N) is 1. The summed E-state index contributed by atoms with van der Waals surface area (Å²) in [7, 11) is 0. The van der Waals surface area contributed by atoms with Crippen molar-refractivity contribution in [3.05, 3.63) is 17.5 Å². The standard InChI is InChI=1S/C11H18F3N3/c1-4-8(3)17-10(11(12,13)14)9(7-16-17)6-15-5-2/h7-8,15H,4-6H2,1-3H3. The molecule has 0 fully saturated rings. The molecule has 0 bridgehead atoms. The minimum Gasteiger partial charge on any atom is -0.313 e. The van der Waals surface area contributed by atoms with E-state index >= 15 is 0 Å². The van der Waals surface area contributed by atoms with Crippen LogP contribution in [0.25, 0.3) is 0 Å². The molecule has 98 valence electrons. The third-order valence-corrected chi connectivity index (χ3v) is 2.71. The fraction of sp³-hybridized carbons (Fsp3) is 0.727. The van der Waals surface area contributed by atoms with Gasteiger partial charge in [0.05, 0.1) is 6.20 Å². The molecular weight excluding hydrogens is 231 g/mol. The van der Waals surface area contributed by atoms with Crippen LogP contribution in [0.15, 0.2) is 6.20 Å². The normalized spacial score (nSPS) is 14.0. The molecule has 3 nitrogen and oxygen atoms in total. The average molecular weight is 249 g/mol. The zero-order valence-electron chi connectivity index (χ0n) is 10.3. The predicted molar refractivity (Wildman–Crippen MR) is 59.6 cm³/mol. The lowest BCUT2D eigenvalue weighted by molar-refractivity contribution is -0.145. The Kier molecular flexibility index (Phi) is 4.56. The summed E-state index contributed by atoms with van der Waals surface area (Å²) in [6.07, 6.45) is -2.44. The fourth-order valence-corrected chi connectivity index (χ4v) is 1.61. The van der Waals surface area contributed by atoms with Crippen molar-refractivity contribution in [2.75, 3.05) is 6.54 Å². The molecule has 1 unspecified atom stereocenters. The molecule has 0 saturated carbocycles. The largest absolute Gasteiger partial charge is 0.433 e. The summed E-state index contributed by atoms with van der Waals surface area (Å²) >= 11 is 0. The van der Waals surface area contributed by atoms with Gasteiger partial charge in [0.25, 0.3) is 0 Å². The Hall–Kier alpha value is -1.04. The molecule has 0 amide bonds. The molecule has 1 heterocycles. The van der Waals surface area contributed by atoms with Gasteiger partial charge in [-0.3, -0.25) is 4.68 Å². The van der Waals surface area contributed by atoms with E-state index in [1.165, 1.54) is 6.20 Å². The highest BCUT2D eigenvalue weighted by Crippen LogP contribution is 2.34. The molecule has 0 aliphatic rings. The van der Waals surface area contributed by atoms with Crippen LogP contribution in [-0.2, 0) is 12.7 Å². The number of aromatic nitrogens is 2. The Bertz CT molecular complexity index is 357. The van der Waals surface area contributed by atoms with Gasteiger partial charge in [-0.15, -0.1) is 0 Å². The summed E-state index contributed by atoms with van der Waals surface area (Å²) in [5.74, 6) is 0. The number of alkyl halides is 3. The predicted octanol–water partition coefficient (Wildman–Crippen LogP) is 2.98. The summed E-state index contributed by atoms with van der Waals surface area (Å²) in [4.78, 5) is 0. The van der Waals surface area contributed by atoms with Crippen LogP contribution in [-0.4, -0.2) is 16.3 Å². The van der Waals surface area contributed by atoms with Gasteiger partial charge in [0.15, 0.2) is 0 Å². The van der Waals surface area contributed by atoms with Gasteiger partial charge in [-0.05, 0) is 19.9 Å². The van der Waals surface area contributed by atoms with Crippen molar-refractivity contribution in [3.8, 4) is 0 Å². The zero-order chi connectivity index (χ0) is 13.1. The van der Waals surface area contributed by atoms with E-state index in [1.807, 2.05) is 13.8 Å². The van der Waals surface area contributed by atoms with Gasteiger partial charge in [-0.25, -0.2) is 0 Å². The molecule has 0 radical (unpaired) electrons. The van der Waals surface area contributed by atoms with E-state index in [2.05, 4.69) is 10.4 Å². The highest BCUT2D eigenvalue weighted by molar-refractivity contribution is 5.21. The van der Waals surface area contributed by atoms with Crippen molar-refractivity contribution in [1.29, 1.82) is 0 Å². The van der Waals surface area contributed by atoms with Crippen molar-refractivity contribution < 1.29 is 13.2 Å². The van der Waals surface area contributed by atoms with Gasteiger partial charge in [0, 0.05) is 18.2 Å². The van der Waals surface area contributed by atoms with Crippen molar-refractivity contribution in [2.24, 2.45) is 0 Å². The van der Waals surface area contributed by atoms with Crippen LogP contribution in [0.5, 0.6) is 0 Å². The van der Waals surface area contributed by atoms with Crippen LogP contribution in [0.2, 0.25) is 0 Å². The maximum atomic E-state index is 13.0. The second-order valence-electron chi connectivity index (χ2n) is 4.00. The van der Waals surface area contributed by atoms with Crippen molar-refractivity contribution >= 4 is 0 Å². The Morgan fingerprint density at radius 2 is 2.06 bits per heavy atom. The molecule has 17 heavy (non-hydrogen) atoms. The summed E-state index contributed by atoms with van der Waals surface area (Å²) in [5, 5.41) is 6.76. The summed E-state index contributed by atoms with van der Waals surface area (Å²) < 4.78 is 40.0. The first-order valence-corrected chi connectivity index (χ1v) is 5.76. The lowest BCUT2D eigenvalue weighted by Crippen LogP contribution is -2.21. The molecular formula is C11H18F3N3. The maximum Gasteiger partial charge on any atom is 0.433 e. The van der Waals surface area contributed by atoms with Crippen molar-refractivity contribution in [1.82, 2.24) is 15.1 Å². The van der Waals surface area contributed by atoms with E-state index in [0.717, 1.165) is 4.68 Å². The lowest BCUT2D eigenvalue weighted by atomic mass is 10.2. The van der Waals surface area contributed by atoms with E-state index in [-0.39, 0.29) is 18.2 Å². The number of nitrogens with zero attached hydrogens (tertiary/aromatic N) is 2. The first-order valence-electron chi connectivity index (χ1n) is 5.76. The maximum absolute atomic E-state index is 13.0. The minimum atomic E-state index is -4.36. The van der Waals surface area contributed by atoms with E-state index in [9.17, 15) is 13.2 Å². The summed E-state index contributed by atoms with van der Waals surface area (Å²) in [6, 6.07) is -0.248. The Labute approximate surface area is 99.0 Å². The van der Waals surface area contributed by atoms with Gasteiger partial charge < -0.3 is 5.32 Å². The van der Waals surface area contributed by atoms with Gasteiger partial charge in [-0.1, -0.05) is 13.8 Å². The van der Waals surface area contributed by atoms with E-state index in [4.69, 9.17) is 0 Å². The number of rotatable bonds is 5. The van der Waals surface area contributed by atoms with Crippen LogP contribution in [0.1, 0.15) is 44.5 Å². The van der Waals surface area contributed by atoms with Gasteiger partial charge in [0.2, 0.25) is 0 Å². The quantitative estimate of drug-likeness (QED) is 0.869. The summed E-state index contributed by atoms with van der Waals surface area (Å²) in [6.45, 7) is 6.26. The van der Waals surface area contributed by atoms with Crippen LogP contribution in [0.3, 0.4) is 0 Å². The first kappa shape index (κ1) is 14.0. The van der Waals surface area contributed by atoms with Gasteiger partial charge in [-0.2, -0.15) is 18.3 Å². The lowest BCUT2D eigenvalue weighted by Gasteiger charge is -2.17. The molecule has 0 spiro atoms. The topological polar surface area (TPSA) is 29.9 Å². The van der Waals surface area contributed by atoms with Crippen LogP contribution >= 0.6 is 0 Å². The average Bonchev–Trinajstić information content (AvgIpc) is 2.68. The number of hydrogen-bond acceptors (Lipinski definition) is 2. The molecule has 0 aliphatic heterocycles. The monoisotopic (exact) mass is 249 g/mol. The molecule has 0 saturated heterocycles. The first-order chi connectivity index (χ1) is 7.91. The second kappa shape index (κ2) is 5.53. The van der Waals surface area contributed by atoms with E-state index < -0.39 is 11.9 Å². The van der Waals surface area contributed by atoms with Crippen LogP contribution in [0.4, 0.5) is 13.2 Å². The molecule has 0 aromatic carbocycles. The van der Waals surface area contributed by atoms with E-state index in [1.54, 1.807) is 6.92 Å². The third kappa shape index (κ3) is 3.21. The number of halogens is 3. The van der Waals surface area contributed by atoms with Crippen molar-refractivity contribution in [2.45, 2.75) is 46.0 Å². The Morgan fingerprint density at radius 1 is 1.41 bits per heavy atom. The summed E-state index contributed by atoms with van der Waals surface area (Å²) in [5.41, 5.74) is -0.424. The molecule has 6 heteroatoms. The molecule has 1 N–H and O–H groups in total. The highest BCUT2D eigenvalue weighted by Gasteiger charge is 2.38. The molecule has 0 aliphatic carbocycles. The Morgan fingerprint density at radius 3 is 2.53 bits per heavy atom. The number of hydrogen-bond donors (Lipinski definition) is 1. The zero-order valence-corrected chi connectivity index (χ0v) is 10.3. The minimum absolute atomic E-state index is 0.196.